The molecule has 0 saturated heterocycles. The molecule has 4 nitrogen and oxygen atoms in total. The van der Waals surface area contributed by atoms with Gasteiger partial charge in [-0.25, -0.2) is 8.42 Å². The first-order valence-corrected chi connectivity index (χ1v) is 5.35. The smallest absolute Gasteiger partial charge is 0.716 e. The van der Waals surface area contributed by atoms with Crippen molar-refractivity contribution in [2.75, 3.05) is 0 Å². The molecule has 0 fully saturated rings. The van der Waals surface area contributed by atoms with Gasteiger partial charge in [-0.05, 0) is 12.5 Å². The molecular weight excluding hydrogens is 215 g/mol. The van der Waals surface area contributed by atoms with E-state index in [4.69, 9.17) is 0 Å². The average Bonchev–Trinajstić information content (AvgIpc) is 2.01. The zero-order chi connectivity index (χ0) is 10.2. The first-order valence-electron chi connectivity index (χ1n) is 4.02. The first kappa shape index (κ1) is 16.6. The van der Waals surface area contributed by atoms with E-state index in [2.05, 4.69) is 11.1 Å². The third-order valence-electron chi connectivity index (χ3n) is 1.22. The van der Waals surface area contributed by atoms with Crippen LogP contribution in [0.1, 0.15) is 26.2 Å². The van der Waals surface area contributed by atoms with E-state index in [1.54, 1.807) is 6.08 Å². The van der Waals surface area contributed by atoms with Gasteiger partial charge in [0.1, 0.15) is 6.26 Å². The molecule has 0 heterocycles. The van der Waals surface area contributed by atoms with Crippen LogP contribution in [0.5, 0.6) is 0 Å². The van der Waals surface area contributed by atoms with E-state index in [1.165, 1.54) is 6.08 Å². The molecule has 0 atom stereocenters. The van der Waals surface area contributed by atoms with E-state index in [-0.39, 0.29) is 29.6 Å². The van der Waals surface area contributed by atoms with Crippen LogP contribution in [-0.2, 0) is 14.6 Å². The molecule has 0 radical (unpaired) electrons. The molecule has 0 unspecified atom stereocenters. The zero-order valence-electron chi connectivity index (χ0n) is 8.47. The van der Waals surface area contributed by atoms with E-state index < -0.39 is 10.4 Å². The van der Waals surface area contributed by atoms with E-state index in [0.29, 0.717) is 0 Å². The molecule has 0 aromatic heterocycles. The average molecular weight is 228 g/mol. The van der Waals surface area contributed by atoms with Crippen molar-refractivity contribution < 1.29 is 46.7 Å². The maximum absolute atomic E-state index is 9.91. The van der Waals surface area contributed by atoms with Crippen LogP contribution in [0.15, 0.2) is 24.5 Å². The molecule has 0 amide bonds. The van der Waals surface area contributed by atoms with Gasteiger partial charge in [-0.15, -0.1) is 0 Å². The second kappa shape index (κ2) is 9.73. The van der Waals surface area contributed by atoms with Crippen LogP contribution < -0.4 is 29.6 Å². The van der Waals surface area contributed by atoms with Gasteiger partial charge in [0.15, 0.2) is 0 Å². The Hall–Kier alpha value is 0.190. The third-order valence-corrected chi connectivity index (χ3v) is 1.57. The van der Waals surface area contributed by atoms with Gasteiger partial charge in [-0.1, -0.05) is 31.9 Å². The summed E-state index contributed by atoms with van der Waals surface area (Å²) in [6, 6.07) is 0. The van der Waals surface area contributed by atoms with Crippen LogP contribution >= 0.6 is 0 Å². The normalized spacial score (nSPS) is 11.9. The maximum Gasteiger partial charge on any atom is 1.00 e. The Morgan fingerprint density at radius 1 is 1.36 bits per heavy atom. The van der Waals surface area contributed by atoms with Gasteiger partial charge in [-0.2, -0.15) is 0 Å². The summed E-state index contributed by atoms with van der Waals surface area (Å²) in [5, 5.41) is 0. The fourth-order valence-electron chi connectivity index (χ4n) is 0.642. The van der Waals surface area contributed by atoms with Gasteiger partial charge < -0.3 is 8.74 Å². The van der Waals surface area contributed by atoms with Crippen molar-refractivity contribution in [1.29, 1.82) is 0 Å². The fraction of sp³-hybridized carbons (Fsp3) is 0.500. The second-order valence-electron chi connectivity index (χ2n) is 2.40. The Bertz CT molecular complexity index is 269. The summed E-state index contributed by atoms with van der Waals surface area (Å²) in [6.07, 6.45) is 8.87. The molecule has 0 aliphatic carbocycles. The largest absolute Gasteiger partial charge is 1.00 e. The Kier molecular flexibility index (Phi) is 11.6. The van der Waals surface area contributed by atoms with Crippen molar-refractivity contribution in [3.05, 3.63) is 24.5 Å². The van der Waals surface area contributed by atoms with E-state index in [9.17, 15) is 13.0 Å². The summed E-state index contributed by atoms with van der Waals surface area (Å²) in [5.41, 5.74) is 0. The zero-order valence-corrected chi connectivity index (χ0v) is 11.3. The molecule has 0 bridgehead atoms. The maximum atomic E-state index is 9.91. The van der Waals surface area contributed by atoms with Crippen LogP contribution in [0.4, 0.5) is 0 Å². The van der Waals surface area contributed by atoms with Gasteiger partial charge in [0.2, 0.25) is 0 Å². The van der Waals surface area contributed by atoms with Crippen molar-refractivity contribution in [3.63, 3.8) is 0 Å². The van der Waals surface area contributed by atoms with E-state index in [1.807, 2.05) is 6.08 Å². The topological polar surface area (TPSA) is 66.4 Å². The molecule has 0 N–H and O–H groups in total. The predicted octanol–water partition coefficient (Wildman–Crippen LogP) is -1.27. The number of hydrogen-bond donors (Lipinski definition) is 0. The van der Waals surface area contributed by atoms with Gasteiger partial charge >= 0.3 is 29.6 Å². The standard InChI is InChI=1S/C8H14O4S.Na/c1-2-3-4-5-6-7-8-12-13(9,10)11;/h5-8H,2-4H2,1H3,(H,9,10,11);/q;+1/p-1/b6-5+,8-7+;. The summed E-state index contributed by atoms with van der Waals surface area (Å²) in [6.45, 7) is 2.08. The monoisotopic (exact) mass is 228 g/mol. The van der Waals surface area contributed by atoms with Gasteiger partial charge in [-0.3, -0.25) is 0 Å². The van der Waals surface area contributed by atoms with Gasteiger partial charge in [0, 0.05) is 0 Å². The molecule has 0 saturated carbocycles. The van der Waals surface area contributed by atoms with Crippen molar-refractivity contribution in [2.24, 2.45) is 0 Å². The first-order chi connectivity index (χ1) is 6.06. The Morgan fingerprint density at radius 3 is 2.50 bits per heavy atom. The minimum atomic E-state index is -4.59. The van der Waals surface area contributed by atoms with E-state index in [0.717, 1.165) is 25.5 Å². The molecule has 76 valence electrons. The minimum Gasteiger partial charge on any atom is -0.716 e. The minimum absolute atomic E-state index is 0. The molecule has 0 aromatic carbocycles. The summed E-state index contributed by atoms with van der Waals surface area (Å²) in [5.74, 6) is 0. The molecular formula is C8H13NaO4S. The van der Waals surface area contributed by atoms with Crippen molar-refractivity contribution in [3.8, 4) is 0 Å². The summed E-state index contributed by atoms with van der Waals surface area (Å²) in [4.78, 5) is 0. The SMILES string of the molecule is CCCC/C=C/C=C/OS(=O)(=O)[O-].[Na+]. The number of unbranched alkanes of at least 4 members (excludes halogenated alkanes) is 2. The summed E-state index contributed by atoms with van der Waals surface area (Å²) in [7, 11) is -4.59. The Balaban J connectivity index is 0. The molecule has 0 spiro atoms. The predicted molar refractivity (Wildman–Crippen MR) is 48.6 cm³/mol. The Morgan fingerprint density at radius 2 is 2.00 bits per heavy atom. The Labute approximate surface area is 107 Å². The molecule has 0 aliphatic rings. The van der Waals surface area contributed by atoms with Crippen molar-refractivity contribution in [1.82, 2.24) is 0 Å². The molecule has 14 heavy (non-hydrogen) atoms. The van der Waals surface area contributed by atoms with Crippen LogP contribution in [-0.4, -0.2) is 13.0 Å². The molecule has 0 rings (SSSR count). The second-order valence-corrected chi connectivity index (χ2v) is 3.41. The molecule has 0 aliphatic heterocycles. The number of hydrogen-bond acceptors (Lipinski definition) is 4. The number of rotatable bonds is 6. The molecule has 6 heteroatoms. The van der Waals surface area contributed by atoms with Crippen LogP contribution in [0.3, 0.4) is 0 Å². The summed E-state index contributed by atoms with van der Waals surface area (Å²) >= 11 is 0. The number of allylic oxidation sites excluding steroid dienone is 3. The van der Waals surface area contributed by atoms with Crippen molar-refractivity contribution in [2.45, 2.75) is 26.2 Å². The fourth-order valence-corrected chi connectivity index (χ4v) is 0.842. The third kappa shape index (κ3) is 14.7. The van der Waals surface area contributed by atoms with Gasteiger partial charge in [0.25, 0.3) is 10.4 Å². The van der Waals surface area contributed by atoms with Crippen molar-refractivity contribution >= 4 is 10.4 Å². The van der Waals surface area contributed by atoms with Crippen LogP contribution in [0.25, 0.3) is 0 Å². The van der Waals surface area contributed by atoms with Crippen LogP contribution in [0, 0.1) is 0 Å². The van der Waals surface area contributed by atoms with Gasteiger partial charge in [0.05, 0.1) is 0 Å². The quantitative estimate of drug-likeness (QED) is 0.142. The summed E-state index contributed by atoms with van der Waals surface area (Å²) < 4.78 is 33.6. The van der Waals surface area contributed by atoms with E-state index >= 15 is 0 Å². The molecule has 0 aromatic rings. The van der Waals surface area contributed by atoms with Crippen LogP contribution in [0.2, 0.25) is 0 Å².